The maximum Gasteiger partial charge on any atom is 0.270 e. The van der Waals surface area contributed by atoms with Crippen LogP contribution < -0.4 is 5.32 Å². The van der Waals surface area contributed by atoms with Crippen LogP contribution in [0.5, 0.6) is 0 Å². The van der Waals surface area contributed by atoms with Gasteiger partial charge in [0, 0.05) is 27.9 Å². The standard InChI is InChI=1S/C13H19IN2O2/c1-9(13(2,3)4)8-15-12-6-5-10(16(17)18)7-11(12)14/h5-7,9,15H,8H2,1-4H3. The molecule has 1 aromatic rings. The Balaban J connectivity index is 2.72. The molecule has 0 heterocycles. The molecular formula is C13H19IN2O2. The lowest BCUT2D eigenvalue weighted by Gasteiger charge is -2.27. The maximum absolute atomic E-state index is 10.6. The predicted octanol–water partition coefficient (Wildman–Crippen LogP) is 4.29. The highest BCUT2D eigenvalue weighted by molar-refractivity contribution is 14.1. The monoisotopic (exact) mass is 362 g/mol. The van der Waals surface area contributed by atoms with Gasteiger partial charge in [0.25, 0.3) is 5.69 Å². The number of nitro groups is 1. The van der Waals surface area contributed by atoms with Crippen LogP contribution in [0.4, 0.5) is 11.4 Å². The number of rotatable bonds is 4. The fraction of sp³-hybridized carbons (Fsp3) is 0.538. The first-order chi connectivity index (χ1) is 8.21. The van der Waals surface area contributed by atoms with Gasteiger partial charge in [0.1, 0.15) is 0 Å². The van der Waals surface area contributed by atoms with Gasteiger partial charge in [-0.05, 0) is 40.0 Å². The number of nitro benzene ring substituents is 1. The van der Waals surface area contributed by atoms with Crippen LogP contribution in [-0.4, -0.2) is 11.5 Å². The van der Waals surface area contributed by atoms with Gasteiger partial charge in [-0.1, -0.05) is 27.7 Å². The van der Waals surface area contributed by atoms with E-state index in [1.807, 2.05) is 0 Å². The Hall–Kier alpha value is -0.850. The highest BCUT2D eigenvalue weighted by atomic mass is 127. The van der Waals surface area contributed by atoms with E-state index in [9.17, 15) is 10.1 Å². The molecule has 0 aliphatic carbocycles. The summed E-state index contributed by atoms with van der Waals surface area (Å²) in [5, 5.41) is 14.0. The Morgan fingerprint density at radius 3 is 2.50 bits per heavy atom. The van der Waals surface area contributed by atoms with Crippen molar-refractivity contribution in [1.82, 2.24) is 0 Å². The van der Waals surface area contributed by atoms with Crippen LogP contribution in [0.1, 0.15) is 27.7 Å². The molecule has 1 N–H and O–H groups in total. The van der Waals surface area contributed by atoms with E-state index in [1.54, 1.807) is 12.1 Å². The van der Waals surface area contributed by atoms with Gasteiger partial charge in [-0.15, -0.1) is 0 Å². The number of benzene rings is 1. The molecule has 100 valence electrons. The Morgan fingerprint density at radius 1 is 1.44 bits per heavy atom. The van der Waals surface area contributed by atoms with Crippen molar-refractivity contribution in [1.29, 1.82) is 0 Å². The zero-order valence-electron chi connectivity index (χ0n) is 11.2. The molecule has 4 nitrogen and oxygen atoms in total. The quantitative estimate of drug-likeness (QED) is 0.494. The normalized spacial score (nSPS) is 13.2. The third kappa shape index (κ3) is 4.12. The minimum absolute atomic E-state index is 0.133. The Labute approximate surface area is 121 Å². The Morgan fingerprint density at radius 2 is 2.06 bits per heavy atom. The van der Waals surface area contributed by atoms with E-state index in [2.05, 4.69) is 55.6 Å². The van der Waals surface area contributed by atoms with Crippen LogP contribution >= 0.6 is 22.6 Å². The second kappa shape index (κ2) is 5.86. The summed E-state index contributed by atoms with van der Waals surface area (Å²) in [5.41, 5.74) is 1.34. The number of non-ortho nitro benzene ring substituents is 1. The lowest BCUT2D eigenvalue weighted by Crippen LogP contribution is -2.25. The average molecular weight is 362 g/mol. The van der Waals surface area contributed by atoms with Gasteiger partial charge in [0.05, 0.1) is 4.92 Å². The molecular weight excluding hydrogens is 343 g/mol. The first kappa shape index (κ1) is 15.2. The van der Waals surface area contributed by atoms with Gasteiger partial charge >= 0.3 is 0 Å². The van der Waals surface area contributed by atoms with Crippen molar-refractivity contribution in [2.45, 2.75) is 27.7 Å². The fourth-order valence-corrected chi connectivity index (χ4v) is 2.02. The molecule has 5 heteroatoms. The van der Waals surface area contributed by atoms with Gasteiger partial charge in [0.2, 0.25) is 0 Å². The molecule has 0 aliphatic rings. The Kier molecular flexibility index (Phi) is 4.95. The highest BCUT2D eigenvalue weighted by Crippen LogP contribution is 2.27. The lowest BCUT2D eigenvalue weighted by atomic mass is 9.82. The van der Waals surface area contributed by atoms with Gasteiger partial charge in [-0.3, -0.25) is 10.1 Å². The van der Waals surface area contributed by atoms with E-state index >= 15 is 0 Å². The van der Waals surface area contributed by atoms with Crippen molar-refractivity contribution >= 4 is 34.0 Å². The van der Waals surface area contributed by atoms with Crippen LogP contribution in [-0.2, 0) is 0 Å². The zero-order chi connectivity index (χ0) is 13.9. The van der Waals surface area contributed by atoms with Gasteiger partial charge < -0.3 is 5.32 Å². The Bertz CT molecular complexity index is 441. The molecule has 1 rings (SSSR count). The van der Waals surface area contributed by atoms with E-state index in [4.69, 9.17) is 0 Å². The van der Waals surface area contributed by atoms with Crippen molar-refractivity contribution in [3.63, 3.8) is 0 Å². The van der Waals surface area contributed by atoms with Gasteiger partial charge in [-0.25, -0.2) is 0 Å². The van der Waals surface area contributed by atoms with E-state index < -0.39 is 0 Å². The summed E-state index contributed by atoms with van der Waals surface area (Å²) in [5.74, 6) is 0.517. The topological polar surface area (TPSA) is 55.2 Å². The van der Waals surface area contributed by atoms with Crippen LogP contribution in [0.25, 0.3) is 0 Å². The molecule has 0 radical (unpaired) electrons. The largest absolute Gasteiger partial charge is 0.384 e. The minimum atomic E-state index is -0.371. The molecule has 0 spiro atoms. The molecule has 1 unspecified atom stereocenters. The molecule has 0 aliphatic heterocycles. The molecule has 0 fully saturated rings. The van der Waals surface area contributed by atoms with E-state index in [1.165, 1.54) is 6.07 Å². The van der Waals surface area contributed by atoms with E-state index in [0.717, 1.165) is 15.8 Å². The smallest absolute Gasteiger partial charge is 0.270 e. The number of anilines is 1. The maximum atomic E-state index is 10.6. The lowest BCUT2D eigenvalue weighted by molar-refractivity contribution is -0.384. The molecule has 18 heavy (non-hydrogen) atoms. The average Bonchev–Trinajstić information content (AvgIpc) is 2.25. The zero-order valence-corrected chi connectivity index (χ0v) is 13.3. The van der Waals surface area contributed by atoms with Crippen LogP contribution in [0.2, 0.25) is 0 Å². The summed E-state index contributed by atoms with van der Waals surface area (Å²) in [6, 6.07) is 4.90. The molecule has 0 aromatic heterocycles. The predicted molar refractivity (Wildman–Crippen MR) is 82.9 cm³/mol. The number of halogens is 1. The van der Waals surface area contributed by atoms with Gasteiger partial charge in [-0.2, -0.15) is 0 Å². The third-order valence-corrected chi connectivity index (χ3v) is 4.13. The number of hydrogen-bond acceptors (Lipinski definition) is 3. The SMILES string of the molecule is CC(CNc1ccc([N+](=O)[O-])cc1I)C(C)(C)C. The number of nitrogens with zero attached hydrogens (tertiary/aromatic N) is 1. The summed E-state index contributed by atoms with van der Waals surface area (Å²) in [6.07, 6.45) is 0. The number of hydrogen-bond donors (Lipinski definition) is 1. The number of nitrogens with one attached hydrogen (secondary N) is 1. The summed E-state index contributed by atoms with van der Waals surface area (Å²) >= 11 is 2.12. The second-order valence-corrected chi connectivity index (χ2v) is 6.73. The summed E-state index contributed by atoms with van der Waals surface area (Å²) in [6.45, 7) is 9.68. The highest BCUT2D eigenvalue weighted by Gasteiger charge is 2.20. The first-order valence-corrected chi connectivity index (χ1v) is 6.97. The van der Waals surface area contributed by atoms with Crippen LogP contribution in [0.15, 0.2) is 18.2 Å². The molecule has 1 atom stereocenters. The van der Waals surface area contributed by atoms with Crippen molar-refractivity contribution < 1.29 is 4.92 Å². The molecule has 1 aromatic carbocycles. The van der Waals surface area contributed by atoms with E-state index in [-0.39, 0.29) is 16.0 Å². The van der Waals surface area contributed by atoms with Crippen LogP contribution in [0, 0.1) is 25.0 Å². The summed E-state index contributed by atoms with van der Waals surface area (Å²) in [7, 11) is 0. The fourth-order valence-electron chi connectivity index (χ4n) is 1.33. The minimum Gasteiger partial charge on any atom is -0.384 e. The van der Waals surface area contributed by atoms with E-state index in [0.29, 0.717) is 5.92 Å². The van der Waals surface area contributed by atoms with Crippen molar-refractivity contribution in [3.05, 3.63) is 31.9 Å². The molecule has 0 bridgehead atoms. The molecule has 0 amide bonds. The van der Waals surface area contributed by atoms with Crippen molar-refractivity contribution in [3.8, 4) is 0 Å². The van der Waals surface area contributed by atoms with Gasteiger partial charge in [0.15, 0.2) is 0 Å². The molecule has 0 saturated heterocycles. The summed E-state index contributed by atoms with van der Waals surface area (Å²) in [4.78, 5) is 10.3. The third-order valence-electron chi connectivity index (χ3n) is 3.24. The molecule has 0 saturated carbocycles. The summed E-state index contributed by atoms with van der Waals surface area (Å²) < 4.78 is 0.878. The van der Waals surface area contributed by atoms with Crippen LogP contribution in [0.3, 0.4) is 0 Å². The van der Waals surface area contributed by atoms with Crippen molar-refractivity contribution in [2.24, 2.45) is 11.3 Å². The second-order valence-electron chi connectivity index (χ2n) is 5.57. The first-order valence-electron chi connectivity index (χ1n) is 5.89. The van der Waals surface area contributed by atoms with Crippen molar-refractivity contribution in [2.75, 3.05) is 11.9 Å².